The highest BCUT2D eigenvalue weighted by Crippen LogP contribution is 2.06. The van der Waals surface area contributed by atoms with Crippen LogP contribution < -0.4 is 0 Å². The van der Waals surface area contributed by atoms with E-state index in [2.05, 4.69) is 0 Å². The van der Waals surface area contributed by atoms with E-state index in [0.717, 1.165) is 16.7 Å². The van der Waals surface area contributed by atoms with Crippen LogP contribution in [0.25, 0.3) is 0 Å². The summed E-state index contributed by atoms with van der Waals surface area (Å²) in [5.74, 6) is 0.105. The number of carbonyl (C=O) groups excluding carboxylic acids is 2. The van der Waals surface area contributed by atoms with Crippen molar-refractivity contribution in [1.29, 1.82) is 0 Å². The molecule has 0 radical (unpaired) electrons. The van der Waals surface area contributed by atoms with Gasteiger partial charge in [-0.3, -0.25) is 9.59 Å². The smallest absolute Gasteiger partial charge is 0.253 e. The molecule has 0 atom stereocenters. The Morgan fingerprint density at radius 3 is 1.62 bits per heavy atom. The third kappa shape index (κ3) is 5.88. The van der Waals surface area contributed by atoms with Crippen molar-refractivity contribution in [2.24, 2.45) is 0 Å². The van der Waals surface area contributed by atoms with Crippen molar-refractivity contribution < 1.29 is 9.59 Å². The monoisotopic (exact) mass is 326 g/mol. The Kier molecular flexibility index (Phi) is 7.18. The summed E-state index contributed by atoms with van der Waals surface area (Å²) in [6, 6.07) is 15.2. The van der Waals surface area contributed by atoms with Crippen molar-refractivity contribution in [3.63, 3.8) is 0 Å². The Hall–Kier alpha value is -2.62. The average molecular weight is 326 g/mol. The molecule has 0 saturated carbocycles. The van der Waals surface area contributed by atoms with Gasteiger partial charge in [0.1, 0.15) is 0 Å². The van der Waals surface area contributed by atoms with Crippen molar-refractivity contribution in [1.82, 2.24) is 9.80 Å². The maximum Gasteiger partial charge on any atom is 0.253 e. The van der Waals surface area contributed by atoms with Gasteiger partial charge in [-0.25, -0.2) is 0 Å². The van der Waals surface area contributed by atoms with E-state index in [1.54, 1.807) is 38.0 Å². The number of benzene rings is 2. The fraction of sp³-hybridized carbons (Fsp3) is 0.300. The van der Waals surface area contributed by atoms with Crippen LogP contribution in [0.4, 0.5) is 0 Å². The highest BCUT2D eigenvalue weighted by atomic mass is 16.2. The molecule has 0 aliphatic heterocycles. The lowest BCUT2D eigenvalue weighted by molar-refractivity contribution is 0.0820. The summed E-state index contributed by atoms with van der Waals surface area (Å²) in [4.78, 5) is 26.0. The van der Waals surface area contributed by atoms with E-state index in [9.17, 15) is 9.59 Å². The van der Waals surface area contributed by atoms with Crippen LogP contribution in [0.5, 0.6) is 0 Å². The molecule has 0 N–H and O–H groups in total. The van der Waals surface area contributed by atoms with Crippen LogP contribution in [0.1, 0.15) is 31.8 Å². The first-order chi connectivity index (χ1) is 11.2. The van der Waals surface area contributed by atoms with E-state index in [-0.39, 0.29) is 11.8 Å². The third-order valence-corrected chi connectivity index (χ3v) is 3.38. The summed E-state index contributed by atoms with van der Waals surface area (Å²) >= 11 is 0. The van der Waals surface area contributed by atoms with Crippen molar-refractivity contribution in [3.8, 4) is 0 Å². The van der Waals surface area contributed by atoms with Gasteiger partial charge in [-0.05, 0) is 38.1 Å². The van der Waals surface area contributed by atoms with Gasteiger partial charge in [-0.2, -0.15) is 0 Å². The molecule has 24 heavy (non-hydrogen) atoms. The molecule has 0 spiro atoms. The largest absolute Gasteiger partial charge is 0.345 e. The summed E-state index contributed by atoms with van der Waals surface area (Å²) in [6.45, 7) is 3.98. The minimum atomic E-state index is 0.0509. The summed E-state index contributed by atoms with van der Waals surface area (Å²) in [5.41, 5.74) is 3.78. The number of nitrogens with zero attached hydrogens (tertiary/aromatic N) is 2. The predicted molar refractivity (Wildman–Crippen MR) is 98.4 cm³/mol. The molecule has 0 aliphatic rings. The van der Waals surface area contributed by atoms with Crippen molar-refractivity contribution in [2.45, 2.75) is 13.8 Å². The van der Waals surface area contributed by atoms with Gasteiger partial charge in [0.2, 0.25) is 0 Å². The van der Waals surface area contributed by atoms with Gasteiger partial charge in [-0.15, -0.1) is 0 Å². The van der Waals surface area contributed by atoms with Crippen LogP contribution in [0.2, 0.25) is 0 Å². The number of hydrogen-bond donors (Lipinski definition) is 0. The van der Waals surface area contributed by atoms with Crippen LogP contribution >= 0.6 is 0 Å². The Morgan fingerprint density at radius 2 is 1.17 bits per heavy atom. The minimum absolute atomic E-state index is 0.0509. The SMILES string of the molecule is Cc1ccc(C(=O)N(C)C)cc1.Cc1cccc(C(=O)N(C)C)c1. The van der Waals surface area contributed by atoms with Crippen molar-refractivity contribution >= 4 is 11.8 Å². The lowest BCUT2D eigenvalue weighted by Gasteiger charge is -2.09. The molecule has 0 heterocycles. The van der Waals surface area contributed by atoms with E-state index < -0.39 is 0 Å². The lowest BCUT2D eigenvalue weighted by atomic mass is 10.1. The number of carbonyl (C=O) groups is 2. The standard InChI is InChI=1S/2C10H13NO/c1-8-4-6-9(7-5-8)10(12)11(2)3;1-8-5-4-6-9(7-8)10(12)11(2)3/h2*4-7H,1-3H3. The zero-order chi connectivity index (χ0) is 18.3. The first kappa shape index (κ1) is 19.4. The molecule has 2 aromatic rings. The van der Waals surface area contributed by atoms with E-state index in [0.29, 0.717) is 0 Å². The molecule has 4 nitrogen and oxygen atoms in total. The fourth-order valence-corrected chi connectivity index (χ4v) is 1.99. The third-order valence-electron chi connectivity index (χ3n) is 3.38. The highest BCUT2D eigenvalue weighted by molar-refractivity contribution is 5.94. The first-order valence-corrected chi connectivity index (χ1v) is 7.79. The summed E-state index contributed by atoms with van der Waals surface area (Å²) in [6.07, 6.45) is 0. The summed E-state index contributed by atoms with van der Waals surface area (Å²) in [5, 5.41) is 0. The molecule has 0 saturated heterocycles. The normalized spacial score (nSPS) is 9.58. The van der Waals surface area contributed by atoms with Gasteiger partial charge < -0.3 is 9.80 Å². The number of aryl methyl sites for hydroxylation is 2. The van der Waals surface area contributed by atoms with Crippen LogP contribution in [0.3, 0.4) is 0 Å². The summed E-state index contributed by atoms with van der Waals surface area (Å²) < 4.78 is 0. The maximum atomic E-state index is 11.4. The van der Waals surface area contributed by atoms with Crippen molar-refractivity contribution in [3.05, 3.63) is 70.8 Å². The van der Waals surface area contributed by atoms with E-state index in [1.165, 1.54) is 5.56 Å². The van der Waals surface area contributed by atoms with Gasteiger partial charge in [0, 0.05) is 39.3 Å². The molecule has 4 heteroatoms. The fourth-order valence-electron chi connectivity index (χ4n) is 1.99. The molecule has 128 valence electrons. The zero-order valence-electron chi connectivity index (χ0n) is 15.3. The average Bonchev–Trinajstić information content (AvgIpc) is 2.54. The van der Waals surface area contributed by atoms with Gasteiger partial charge in [-0.1, -0.05) is 35.4 Å². The number of rotatable bonds is 2. The molecule has 0 bridgehead atoms. The molecular formula is C20H26N2O2. The molecule has 2 amide bonds. The quantitative estimate of drug-likeness (QED) is 0.849. The van der Waals surface area contributed by atoms with Crippen LogP contribution in [-0.4, -0.2) is 49.8 Å². The predicted octanol–water partition coefficient (Wildman–Crippen LogP) is 3.39. The zero-order valence-corrected chi connectivity index (χ0v) is 15.3. The van der Waals surface area contributed by atoms with Crippen LogP contribution in [-0.2, 0) is 0 Å². The minimum Gasteiger partial charge on any atom is -0.345 e. The van der Waals surface area contributed by atoms with Crippen LogP contribution in [0, 0.1) is 13.8 Å². The second-order valence-corrected chi connectivity index (χ2v) is 6.13. The van der Waals surface area contributed by atoms with Gasteiger partial charge >= 0.3 is 0 Å². The number of hydrogen-bond acceptors (Lipinski definition) is 2. The molecule has 0 unspecified atom stereocenters. The topological polar surface area (TPSA) is 40.6 Å². The molecule has 0 aliphatic carbocycles. The van der Waals surface area contributed by atoms with Gasteiger partial charge in [0.25, 0.3) is 11.8 Å². The Bertz CT molecular complexity index is 689. The maximum absolute atomic E-state index is 11.4. The second kappa shape index (κ2) is 8.87. The Morgan fingerprint density at radius 1 is 0.667 bits per heavy atom. The van der Waals surface area contributed by atoms with Crippen LogP contribution in [0.15, 0.2) is 48.5 Å². The first-order valence-electron chi connectivity index (χ1n) is 7.79. The molecule has 2 aromatic carbocycles. The molecule has 0 aromatic heterocycles. The molecule has 0 fully saturated rings. The van der Waals surface area contributed by atoms with Crippen molar-refractivity contribution in [2.75, 3.05) is 28.2 Å². The molecule has 2 rings (SSSR count). The highest BCUT2D eigenvalue weighted by Gasteiger charge is 2.06. The Balaban J connectivity index is 0.000000240. The second-order valence-electron chi connectivity index (χ2n) is 6.13. The van der Waals surface area contributed by atoms with E-state index in [1.807, 2.05) is 62.4 Å². The lowest BCUT2D eigenvalue weighted by Crippen LogP contribution is -2.21. The summed E-state index contributed by atoms with van der Waals surface area (Å²) in [7, 11) is 7.01. The van der Waals surface area contributed by atoms with E-state index in [4.69, 9.17) is 0 Å². The van der Waals surface area contributed by atoms with Gasteiger partial charge in [0.15, 0.2) is 0 Å². The van der Waals surface area contributed by atoms with E-state index >= 15 is 0 Å². The van der Waals surface area contributed by atoms with Gasteiger partial charge in [0.05, 0.1) is 0 Å². The molecular weight excluding hydrogens is 300 g/mol. The Labute approximate surface area is 144 Å². The number of amides is 2.